The molecule has 4 nitrogen and oxygen atoms in total. The Labute approximate surface area is 113 Å². The number of hydrogen-bond donors (Lipinski definition) is 2. The van der Waals surface area contributed by atoms with Crippen LogP contribution in [0.1, 0.15) is 55.4 Å². The van der Waals surface area contributed by atoms with Crippen LogP contribution in [0, 0.1) is 0 Å². The van der Waals surface area contributed by atoms with E-state index in [1.54, 1.807) is 0 Å². The Bertz CT molecular complexity index is 308. The molecule has 0 aliphatic rings. The van der Waals surface area contributed by atoms with Crippen LogP contribution in [0.3, 0.4) is 0 Å². The van der Waals surface area contributed by atoms with Crippen molar-refractivity contribution in [1.82, 2.24) is 0 Å². The molecule has 0 spiro atoms. The van der Waals surface area contributed by atoms with Gasteiger partial charge in [-0.3, -0.25) is 9.11 Å². The predicted octanol–water partition coefficient (Wildman–Crippen LogP) is 3.72. The van der Waals surface area contributed by atoms with Crippen LogP contribution in [0.25, 0.3) is 0 Å². The zero-order valence-electron chi connectivity index (χ0n) is 13.0. The molecule has 0 saturated heterocycles. The fourth-order valence-corrected chi connectivity index (χ4v) is 10.5. The molecule has 0 aromatic carbocycles. The van der Waals surface area contributed by atoms with E-state index >= 15 is 0 Å². The summed E-state index contributed by atoms with van der Waals surface area (Å²) in [5.41, 5.74) is 0. The van der Waals surface area contributed by atoms with Crippen LogP contribution in [0.5, 0.6) is 0 Å². The van der Waals surface area contributed by atoms with Gasteiger partial charge in [0.05, 0.1) is 0 Å². The van der Waals surface area contributed by atoms with Gasteiger partial charge in [-0.15, -0.1) is 0 Å². The summed E-state index contributed by atoms with van der Waals surface area (Å²) < 4.78 is 31.6. The summed E-state index contributed by atoms with van der Waals surface area (Å²) in [4.78, 5) is 0. The minimum absolute atomic E-state index is 0.536. The second-order valence-corrected chi connectivity index (χ2v) is 14.2. The van der Waals surface area contributed by atoms with Crippen molar-refractivity contribution in [2.45, 2.75) is 65.7 Å². The van der Waals surface area contributed by atoms with Gasteiger partial charge in [-0.05, 0) is 0 Å². The van der Waals surface area contributed by atoms with Gasteiger partial charge in [0.15, 0.2) is 0 Å². The van der Waals surface area contributed by atoms with E-state index in [1.165, 1.54) is 12.3 Å². The summed E-state index contributed by atoms with van der Waals surface area (Å²) in [5.74, 6) is 0. The molecule has 0 saturated carbocycles. The molecule has 114 valence electrons. The molecule has 0 radical (unpaired) electrons. The monoisotopic (exact) mass is 302 g/mol. The van der Waals surface area contributed by atoms with Gasteiger partial charge in [-0.1, -0.05) is 0 Å². The number of hydrogen-bond acceptors (Lipinski definition) is 2. The number of rotatable bonds is 2. The Morgan fingerprint density at radius 3 is 1.00 bits per heavy atom. The fourth-order valence-electron chi connectivity index (χ4n) is 3.50. The van der Waals surface area contributed by atoms with Crippen molar-refractivity contribution in [3.05, 3.63) is 0 Å². The first-order chi connectivity index (χ1) is 7.62. The van der Waals surface area contributed by atoms with Crippen molar-refractivity contribution in [2.75, 3.05) is 12.3 Å². The maximum atomic E-state index is 8.74. The van der Waals surface area contributed by atoms with Crippen LogP contribution in [-0.2, 0) is 10.4 Å². The topological polar surface area (TPSA) is 74.6 Å². The molecule has 0 fully saturated rings. The molecule has 6 heteroatoms. The zero-order valence-corrected chi connectivity index (χ0v) is 14.8. The van der Waals surface area contributed by atoms with Crippen molar-refractivity contribution in [1.29, 1.82) is 0 Å². The van der Waals surface area contributed by atoms with Crippen molar-refractivity contribution < 1.29 is 17.5 Å². The summed E-state index contributed by atoms with van der Waals surface area (Å²) in [6.45, 7) is 19.4. The predicted molar refractivity (Wildman–Crippen MR) is 83.1 cm³/mol. The fraction of sp³-hybridized carbons (Fsp3) is 1.00. The average molecular weight is 302 g/mol. The first kappa shape index (κ1) is 20.6. The Morgan fingerprint density at radius 1 is 0.833 bits per heavy atom. The Morgan fingerprint density at radius 2 is 1.00 bits per heavy atom. The van der Waals surface area contributed by atoms with Crippen molar-refractivity contribution in [2.24, 2.45) is 0 Å². The molecule has 0 unspecified atom stereocenters. The van der Waals surface area contributed by atoms with E-state index in [4.69, 9.17) is 17.5 Å². The van der Waals surface area contributed by atoms with Gasteiger partial charge < -0.3 is 0 Å². The molecule has 0 bridgehead atoms. The Kier molecular flexibility index (Phi) is 7.61. The largest absolute Gasteiger partial charge is 0.394 e. The molecule has 0 rings (SSSR count). The normalized spacial score (nSPS) is 14.8. The van der Waals surface area contributed by atoms with Crippen molar-refractivity contribution in [3.63, 3.8) is 0 Å². The first-order valence-corrected chi connectivity index (χ1v) is 10.1. The van der Waals surface area contributed by atoms with E-state index in [2.05, 4.69) is 55.4 Å². The van der Waals surface area contributed by atoms with E-state index in [9.17, 15) is 0 Å². The molecule has 0 heterocycles. The standard InChI is InChI=1S/C12H29P.H2O4S/c1-9-13(10-2,11(3,4)5)12(6,7)8;1-5(2,3)4/h13H,9-10H2,1-8H3;(H2,1,2,3,4). The Hall–Kier alpha value is 0.300. The van der Waals surface area contributed by atoms with E-state index in [1.807, 2.05) is 0 Å². The Balaban J connectivity index is 0. The molecular formula is C12H31O4PS. The molecule has 0 amide bonds. The third kappa shape index (κ3) is 6.46. The van der Waals surface area contributed by atoms with E-state index in [0.717, 1.165) is 0 Å². The van der Waals surface area contributed by atoms with E-state index in [-0.39, 0.29) is 0 Å². The van der Waals surface area contributed by atoms with Gasteiger partial charge in [-0.25, -0.2) is 0 Å². The molecule has 18 heavy (non-hydrogen) atoms. The van der Waals surface area contributed by atoms with Crippen molar-refractivity contribution in [3.8, 4) is 0 Å². The maximum absolute atomic E-state index is 8.74. The minimum Gasteiger partial charge on any atom is -0.264 e. The van der Waals surface area contributed by atoms with Gasteiger partial charge in [0.2, 0.25) is 0 Å². The minimum atomic E-state index is -4.67. The third-order valence-electron chi connectivity index (χ3n) is 4.08. The molecule has 0 atom stereocenters. The van der Waals surface area contributed by atoms with Gasteiger partial charge in [0.25, 0.3) is 0 Å². The van der Waals surface area contributed by atoms with Crippen LogP contribution >= 0.6 is 7.26 Å². The van der Waals surface area contributed by atoms with Gasteiger partial charge in [0, 0.05) is 0 Å². The van der Waals surface area contributed by atoms with Crippen LogP contribution < -0.4 is 0 Å². The molecule has 0 aromatic heterocycles. The van der Waals surface area contributed by atoms with E-state index in [0.29, 0.717) is 10.3 Å². The second-order valence-electron chi connectivity index (χ2n) is 6.74. The van der Waals surface area contributed by atoms with Crippen LogP contribution in [0.15, 0.2) is 0 Å². The third-order valence-corrected chi connectivity index (χ3v) is 12.2. The first-order valence-electron chi connectivity index (χ1n) is 6.32. The quantitative estimate of drug-likeness (QED) is 0.602. The second kappa shape index (κ2) is 6.65. The maximum Gasteiger partial charge on any atom is 0.394 e. The van der Waals surface area contributed by atoms with Crippen molar-refractivity contribution >= 4 is 17.7 Å². The van der Waals surface area contributed by atoms with E-state index < -0.39 is 17.7 Å². The molecule has 0 aliphatic heterocycles. The van der Waals surface area contributed by atoms with Crippen LogP contribution in [-0.4, -0.2) is 40.2 Å². The molecule has 0 aliphatic carbocycles. The van der Waals surface area contributed by atoms with Gasteiger partial charge >= 0.3 is 95.7 Å². The van der Waals surface area contributed by atoms with Crippen LogP contribution in [0.4, 0.5) is 0 Å². The summed E-state index contributed by atoms with van der Waals surface area (Å²) in [7, 11) is -5.81. The summed E-state index contributed by atoms with van der Waals surface area (Å²) in [6.07, 6.45) is 2.83. The summed E-state index contributed by atoms with van der Waals surface area (Å²) in [5, 5.41) is 1.07. The average Bonchev–Trinajstić information content (AvgIpc) is 1.97. The summed E-state index contributed by atoms with van der Waals surface area (Å²) in [6, 6.07) is 0. The molecular weight excluding hydrogens is 271 g/mol. The summed E-state index contributed by atoms with van der Waals surface area (Å²) >= 11 is 0. The molecule has 0 aromatic rings. The van der Waals surface area contributed by atoms with Gasteiger partial charge in [-0.2, -0.15) is 8.42 Å². The van der Waals surface area contributed by atoms with Crippen LogP contribution in [0.2, 0.25) is 0 Å². The SMILES string of the molecule is CC[PH](CC)(C(C)(C)C)C(C)(C)C.O=S(=O)(O)O. The smallest absolute Gasteiger partial charge is 0.264 e. The zero-order chi connectivity index (χ0) is 15.4. The van der Waals surface area contributed by atoms with Gasteiger partial charge in [0.1, 0.15) is 0 Å². The molecule has 2 N–H and O–H groups in total.